The molecule has 0 unspecified atom stereocenters. The number of hydrogen-bond donors (Lipinski definition) is 1. The molecule has 0 saturated carbocycles. The van der Waals surface area contributed by atoms with E-state index in [1.165, 1.54) is 4.90 Å². The van der Waals surface area contributed by atoms with Crippen LogP contribution in [0.5, 0.6) is 0 Å². The Labute approximate surface area is 219 Å². The lowest BCUT2D eigenvalue weighted by Crippen LogP contribution is -2.52. The Hall–Kier alpha value is -1.81. The van der Waals surface area contributed by atoms with Crippen LogP contribution in [0.3, 0.4) is 0 Å². The first-order valence-corrected chi connectivity index (χ1v) is 14.0. The van der Waals surface area contributed by atoms with Gasteiger partial charge < -0.3 is 10.2 Å². The number of sulfonamides is 1. The van der Waals surface area contributed by atoms with Gasteiger partial charge in [-0.2, -0.15) is 0 Å². The molecule has 0 aromatic heterocycles. The van der Waals surface area contributed by atoms with Crippen molar-refractivity contribution in [3.63, 3.8) is 0 Å². The summed E-state index contributed by atoms with van der Waals surface area (Å²) in [5, 5.41) is 3.65. The van der Waals surface area contributed by atoms with Crippen molar-refractivity contribution in [1.29, 1.82) is 0 Å². The number of carbonyl (C=O) groups excluding carboxylic acids is 2. The largest absolute Gasteiger partial charge is 0.352 e. The van der Waals surface area contributed by atoms with Crippen molar-refractivity contribution in [3.8, 4) is 0 Å². The fraction of sp³-hybridized carbons (Fsp3) is 0.391. The van der Waals surface area contributed by atoms with E-state index >= 15 is 0 Å². The molecule has 0 saturated heterocycles. The topological polar surface area (TPSA) is 86.8 Å². The molecule has 0 aliphatic heterocycles. The number of anilines is 1. The zero-order chi connectivity index (χ0) is 25.6. The lowest BCUT2D eigenvalue weighted by molar-refractivity contribution is -0.139. The van der Waals surface area contributed by atoms with E-state index in [4.69, 9.17) is 23.2 Å². The van der Waals surface area contributed by atoms with Crippen LogP contribution in [0.15, 0.2) is 46.9 Å². The van der Waals surface area contributed by atoms with Crippen LogP contribution in [-0.4, -0.2) is 50.0 Å². The summed E-state index contributed by atoms with van der Waals surface area (Å²) in [5.41, 5.74) is 0.897. The van der Waals surface area contributed by atoms with Crippen molar-refractivity contribution < 1.29 is 18.0 Å². The predicted octanol–water partition coefficient (Wildman–Crippen LogP) is 4.85. The van der Waals surface area contributed by atoms with E-state index in [2.05, 4.69) is 21.2 Å². The van der Waals surface area contributed by atoms with Crippen LogP contribution in [0.25, 0.3) is 0 Å². The number of nitrogens with one attached hydrogen (secondary N) is 1. The highest BCUT2D eigenvalue weighted by Crippen LogP contribution is 2.28. The molecular formula is C23H28BrCl2N3O4S. The van der Waals surface area contributed by atoms with Gasteiger partial charge in [0.05, 0.1) is 11.9 Å². The maximum Gasteiger partial charge on any atom is 0.244 e. The van der Waals surface area contributed by atoms with Crippen LogP contribution in [-0.2, 0) is 26.2 Å². The minimum absolute atomic E-state index is 0.00249. The van der Waals surface area contributed by atoms with Crippen LogP contribution >= 0.6 is 39.1 Å². The van der Waals surface area contributed by atoms with E-state index in [-0.39, 0.29) is 18.5 Å². The highest BCUT2D eigenvalue weighted by Gasteiger charge is 2.31. The molecule has 2 atom stereocenters. The summed E-state index contributed by atoms with van der Waals surface area (Å²) in [4.78, 5) is 27.7. The van der Waals surface area contributed by atoms with Crippen molar-refractivity contribution in [3.05, 3.63) is 62.5 Å². The molecular weight excluding hydrogens is 565 g/mol. The third-order valence-corrected chi connectivity index (χ3v) is 7.71. The zero-order valence-electron chi connectivity index (χ0n) is 19.4. The third-order valence-electron chi connectivity index (χ3n) is 5.32. The molecule has 2 aromatic carbocycles. The Balaban J connectivity index is 2.43. The molecule has 34 heavy (non-hydrogen) atoms. The highest BCUT2D eigenvalue weighted by molar-refractivity contribution is 9.10. The van der Waals surface area contributed by atoms with Gasteiger partial charge in [-0.25, -0.2) is 8.42 Å². The number of carbonyl (C=O) groups is 2. The Bertz CT molecular complexity index is 1150. The van der Waals surface area contributed by atoms with Crippen LogP contribution in [0.4, 0.5) is 5.69 Å². The third kappa shape index (κ3) is 7.60. The van der Waals surface area contributed by atoms with Gasteiger partial charge in [-0.15, -0.1) is 0 Å². The fourth-order valence-electron chi connectivity index (χ4n) is 3.13. The van der Waals surface area contributed by atoms with Crippen molar-refractivity contribution in [2.75, 3.05) is 17.1 Å². The first-order valence-electron chi connectivity index (χ1n) is 10.6. The predicted molar refractivity (Wildman–Crippen MR) is 141 cm³/mol. The number of para-hydroxylation sites is 1. The highest BCUT2D eigenvalue weighted by atomic mass is 79.9. The first-order chi connectivity index (χ1) is 15.8. The van der Waals surface area contributed by atoms with E-state index in [9.17, 15) is 18.0 Å². The van der Waals surface area contributed by atoms with Gasteiger partial charge in [-0.05, 0) is 66.0 Å². The summed E-state index contributed by atoms with van der Waals surface area (Å²) in [6, 6.07) is 10.6. The average molecular weight is 593 g/mol. The average Bonchev–Trinajstić information content (AvgIpc) is 2.76. The smallest absolute Gasteiger partial charge is 0.244 e. The molecule has 0 bridgehead atoms. The summed E-state index contributed by atoms with van der Waals surface area (Å²) >= 11 is 15.7. The van der Waals surface area contributed by atoms with Gasteiger partial charge in [0.25, 0.3) is 0 Å². The molecule has 0 aliphatic rings. The second kappa shape index (κ2) is 12.2. The lowest BCUT2D eigenvalue weighted by atomic mass is 10.1. The summed E-state index contributed by atoms with van der Waals surface area (Å²) in [6.07, 6.45) is 1.75. The fourth-order valence-corrected chi connectivity index (χ4v) is 5.08. The van der Waals surface area contributed by atoms with Crippen molar-refractivity contribution in [1.82, 2.24) is 10.2 Å². The van der Waals surface area contributed by atoms with Gasteiger partial charge >= 0.3 is 0 Å². The van der Waals surface area contributed by atoms with Gasteiger partial charge in [-0.3, -0.25) is 13.9 Å². The summed E-state index contributed by atoms with van der Waals surface area (Å²) in [5.74, 6) is -0.904. The molecule has 7 nitrogen and oxygen atoms in total. The quantitative estimate of drug-likeness (QED) is 0.427. The summed E-state index contributed by atoms with van der Waals surface area (Å²) < 4.78 is 26.7. The van der Waals surface area contributed by atoms with Crippen molar-refractivity contribution >= 4 is 66.7 Å². The minimum Gasteiger partial charge on any atom is -0.352 e. The minimum atomic E-state index is -3.81. The number of halogens is 3. The van der Waals surface area contributed by atoms with Gasteiger partial charge in [0.1, 0.15) is 12.6 Å². The van der Waals surface area contributed by atoms with E-state index in [1.54, 1.807) is 49.4 Å². The number of benzene rings is 2. The Kier molecular flexibility index (Phi) is 10.2. The Morgan fingerprint density at radius 1 is 1.12 bits per heavy atom. The molecule has 2 aromatic rings. The van der Waals surface area contributed by atoms with E-state index in [0.717, 1.165) is 17.0 Å². The molecule has 0 spiro atoms. The Morgan fingerprint density at radius 3 is 2.32 bits per heavy atom. The van der Waals surface area contributed by atoms with E-state index < -0.39 is 28.5 Å². The second-order valence-corrected chi connectivity index (χ2v) is 11.6. The molecule has 2 amide bonds. The maximum absolute atomic E-state index is 13.5. The van der Waals surface area contributed by atoms with Gasteiger partial charge in [0.15, 0.2) is 0 Å². The molecule has 0 aliphatic carbocycles. The second-order valence-electron chi connectivity index (χ2n) is 7.97. The molecule has 2 rings (SSSR count). The molecule has 1 N–H and O–H groups in total. The maximum atomic E-state index is 13.5. The first kappa shape index (κ1) is 28.4. The molecule has 0 radical (unpaired) electrons. The number of rotatable bonds is 10. The zero-order valence-corrected chi connectivity index (χ0v) is 23.3. The van der Waals surface area contributed by atoms with Gasteiger partial charge in [-0.1, -0.05) is 48.3 Å². The van der Waals surface area contributed by atoms with Crippen LogP contribution < -0.4 is 9.62 Å². The van der Waals surface area contributed by atoms with E-state index in [0.29, 0.717) is 25.8 Å². The monoisotopic (exact) mass is 591 g/mol. The van der Waals surface area contributed by atoms with Crippen LogP contribution in [0, 0.1) is 0 Å². The number of hydrogen-bond acceptors (Lipinski definition) is 4. The van der Waals surface area contributed by atoms with Gasteiger partial charge in [0, 0.05) is 27.1 Å². The summed E-state index contributed by atoms with van der Waals surface area (Å²) in [7, 11) is -3.81. The Morgan fingerprint density at radius 2 is 1.76 bits per heavy atom. The van der Waals surface area contributed by atoms with Crippen LogP contribution in [0.1, 0.15) is 32.8 Å². The molecule has 186 valence electrons. The van der Waals surface area contributed by atoms with Crippen molar-refractivity contribution in [2.24, 2.45) is 0 Å². The van der Waals surface area contributed by atoms with E-state index in [1.807, 2.05) is 13.8 Å². The molecule has 11 heteroatoms. The molecule has 0 fully saturated rings. The van der Waals surface area contributed by atoms with Crippen molar-refractivity contribution in [2.45, 2.75) is 45.8 Å². The standard InChI is InChI=1S/C23H28BrCl2N3O4S/c1-5-15(2)27-23(31)16(3)28(13-17-10-11-18(25)12-20(17)26)22(30)14-29(34(4,32)33)21-9-7-6-8-19(21)24/h6-12,15-16H,5,13-14H2,1-4H3,(H,27,31)/t15-,16+/m1/s1. The number of nitrogens with zero attached hydrogens (tertiary/aromatic N) is 2. The molecule has 0 heterocycles. The van der Waals surface area contributed by atoms with Gasteiger partial charge in [0.2, 0.25) is 21.8 Å². The number of amides is 2. The normalized spacial score (nSPS) is 13.1. The summed E-state index contributed by atoms with van der Waals surface area (Å²) in [6.45, 7) is 4.91. The SMILES string of the molecule is CC[C@@H](C)NC(=O)[C@H](C)N(Cc1ccc(Cl)cc1Cl)C(=O)CN(c1ccccc1Br)S(C)(=O)=O. The van der Waals surface area contributed by atoms with Crippen LogP contribution in [0.2, 0.25) is 10.0 Å². The lowest BCUT2D eigenvalue weighted by Gasteiger charge is -2.32.